The zero-order valence-corrected chi connectivity index (χ0v) is 25.1. The molecule has 1 atom stereocenters. The predicted octanol–water partition coefficient (Wildman–Crippen LogP) is 5.70. The van der Waals surface area contributed by atoms with Crippen LogP contribution in [0.4, 0.5) is 5.69 Å². The molecule has 0 saturated heterocycles. The van der Waals surface area contributed by atoms with E-state index in [1.54, 1.807) is 72.8 Å². The summed E-state index contributed by atoms with van der Waals surface area (Å²) in [6, 6.07) is 31.8. The Labute approximate surface area is 252 Å². The van der Waals surface area contributed by atoms with Crippen LogP contribution in [0.3, 0.4) is 0 Å². The first-order valence-electron chi connectivity index (χ1n) is 13.7. The van der Waals surface area contributed by atoms with Gasteiger partial charge in [0.15, 0.2) is 0 Å². The molecule has 4 aromatic rings. The van der Waals surface area contributed by atoms with Gasteiger partial charge in [0.1, 0.15) is 12.6 Å². The Hall–Kier alpha value is -4.14. The van der Waals surface area contributed by atoms with E-state index in [1.165, 1.54) is 17.0 Å². The number of rotatable bonds is 12. The Balaban J connectivity index is 1.79. The second-order valence-electron chi connectivity index (χ2n) is 10.1. The van der Waals surface area contributed by atoms with E-state index in [9.17, 15) is 18.0 Å². The number of hydrogen-bond acceptors (Lipinski definition) is 4. The Morgan fingerprint density at radius 2 is 1.33 bits per heavy atom. The minimum absolute atomic E-state index is 0.00946. The molecule has 9 heteroatoms. The summed E-state index contributed by atoms with van der Waals surface area (Å²) in [5.41, 5.74) is 1.83. The maximum atomic E-state index is 14.3. The quantitative estimate of drug-likeness (QED) is 0.225. The molecule has 7 nitrogen and oxygen atoms in total. The van der Waals surface area contributed by atoms with Crippen LogP contribution in [0.1, 0.15) is 25.0 Å². The van der Waals surface area contributed by atoms with Crippen molar-refractivity contribution in [2.45, 2.75) is 43.8 Å². The lowest BCUT2D eigenvalue weighted by Crippen LogP contribution is -2.54. The molecular weight excluding hydrogens is 570 g/mol. The number of carbonyl (C=O) groups excluding carboxylic acids is 2. The molecule has 1 N–H and O–H groups in total. The fourth-order valence-corrected chi connectivity index (χ4v) is 6.22. The fourth-order valence-electron chi connectivity index (χ4n) is 4.59. The molecular formula is C33H34ClN3O4S. The summed E-state index contributed by atoms with van der Waals surface area (Å²) >= 11 is 6.51. The minimum atomic E-state index is -4.13. The average molecular weight is 604 g/mol. The van der Waals surface area contributed by atoms with Crippen LogP contribution in [0.5, 0.6) is 0 Å². The van der Waals surface area contributed by atoms with Gasteiger partial charge in [-0.25, -0.2) is 8.42 Å². The summed E-state index contributed by atoms with van der Waals surface area (Å²) in [6.45, 7) is 3.18. The molecule has 218 valence electrons. The number of benzene rings is 4. The highest BCUT2D eigenvalue weighted by atomic mass is 35.5. The van der Waals surface area contributed by atoms with E-state index in [4.69, 9.17) is 11.6 Å². The van der Waals surface area contributed by atoms with Gasteiger partial charge in [0.25, 0.3) is 10.0 Å². The number of halogens is 1. The summed E-state index contributed by atoms with van der Waals surface area (Å²) in [6.07, 6.45) is 0.229. The smallest absolute Gasteiger partial charge is 0.264 e. The van der Waals surface area contributed by atoms with E-state index >= 15 is 0 Å². The van der Waals surface area contributed by atoms with Crippen molar-refractivity contribution in [3.8, 4) is 0 Å². The fraction of sp³-hybridized carbons (Fsp3) is 0.212. The van der Waals surface area contributed by atoms with Gasteiger partial charge >= 0.3 is 0 Å². The molecule has 0 aliphatic heterocycles. The van der Waals surface area contributed by atoms with Gasteiger partial charge in [-0.2, -0.15) is 0 Å². The van der Waals surface area contributed by atoms with E-state index in [2.05, 4.69) is 5.32 Å². The van der Waals surface area contributed by atoms with Crippen molar-refractivity contribution in [2.24, 2.45) is 0 Å². The van der Waals surface area contributed by atoms with Crippen molar-refractivity contribution in [1.29, 1.82) is 0 Å². The third-order valence-corrected chi connectivity index (χ3v) is 8.81. The van der Waals surface area contributed by atoms with Crippen LogP contribution in [0.15, 0.2) is 120 Å². The van der Waals surface area contributed by atoms with Crippen molar-refractivity contribution in [3.05, 3.63) is 131 Å². The molecule has 0 aliphatic rings. The van der Waals surface area contributed by atoms with Gasteiger partial charge in [-0.1, -0.05) is 96.5 Å². The Bertz CT molecular complexity index is 1580. The Morgan fingerprint density at radius 1 is 0.786 bits per heavy atom. The number of para-hydroxylation sites is 1. The number of hydrogen-bond donors (Lipinski definition) is 1. The molecule has 0 saturated carbocycles. The molecule has 2 amide bonds. The van der Waals surface area contributed by atoms with Gasteiger partial charge in [-0.15, -0.1) is 0 Å². The predicted molar refractivity (Wildman–Crippen MR) is 167 cm³/mol. The van der Waals surface area contributed by atoms with Crippen molar-refractivity contribution < 1.29 is 18.0 Å². The molecule has 0 spiro atoms. The summed E-state index contributed by atoms with van der Waals surface area (Å²) in [7, 11) is -4.13. The van der Waals surface area contributed by atoms with Crippen LogP contribution in [-0.2, 0) is 32.6 Å². The van der Waals surface area contributed by atoms with Gasteiger partial charge in [-0.3, -0.25) is 13.9 Å². The van der Waals surface area contributed by atoms with E-state index in [1.807, 2.05) is 44.2 Å². The van der Waals surface area contributed by atoms with E-state index in [0.29, 0.717) is 16.3 Å². The van der Waals surface area contributed by atoms with Crippen LogP contribution in [0.2, 0.25) is 5.02 Å². The maximum Gasteiger partial charge on any atom is 0.264 e. The summed E-state index contributed by atoms with van der Waals surface area (Å²) in [5, 5.41) is 3.38. The number of sulfonamides is 1. The van der Waals surface area contributed by atoms with Crippen molar-refractivity contribution in [2.75, 3.05) is 10.8 Å². The highest BCUT2D eigenvalue weighted by molar-refractivity contribution is 7.92. The zero-order chi connectivity index (χ0) is 30.1. The monoisotopic (exact) mass is 603 g/mol. The van der Waals surface area contributed by atoms with Crippen LogP contribution in [0, 0.1) is 0 Å². The molecule has 4 aromatic carbocycles. The normalized spacial score (nSPS) is 12.0. The largest absolute Gasteiger partial charge is 0.352 e. The lowest BCUT2D eigenvalue weighted by molar-refractivity contribution is -0.140. The van der Waals surface area contributed by atoms with E-state index < -0.39 is 28.5 Å². The highest BCUT2D eigenvalue weighted by Gasteiger charge is 2.35. The van der Waals surface area contributed by atoms with Crippen molar-refractivity contribution in [1.82, 2.24) is 10.2 Å². The first-order chi connectivity index (χ1) is 20.2. The van der Waals surface area contributed by atoms with Crippen molar-refractivity contribution >= 4 is 39.1 Å². The summed E-state index contributed by atoms with van der Waals surface area (Å²) < 4.78 is 28.9. The molecule has 0 unspecified atom stereocenters. The molecule has 4 rings (SSSR count). The van der Waals surface area contributed by atoms with Gasteiger partial charge in [0.2, 0.25) is 11.8 Å². The van der Waals surface area contributed by atoms with E-state index in [-0.39, 0.29) is 29.8 Å². The molecule has 0 bridgehead atoms. The average Bonchev–Trinajstić information content (AvgIpc) is 2.99. The van der Waals surface area contributed by atoms with Crippen LogP contribution in [0.25, 0.3) is 0 Å². The standard InChI is InChI=1S/C33H34ClN3O4S/c1-25(2)35-33(39)31(22-26-14-6-3-7-15-26)36(23-27-16-12-13-21-30(27)34)32(38)24-37(28-17-8-4-9-18-28)42(40,41)29-19-10-5-11-20-29/h3-21,25,31H,22-24H2,1-2H3,(H,35,39)/t31-/m0/s1. The van der Waals surface area contributed by atoms with Gasteiger partial charge < -0.3 is 10.2 Å². The lowest BCUT2D eigenvalue weighted by atomic mass is 10.0. The second-order valence-corrected chi connectivity index (χ2v) is 12.4. The summed E-state index contributed by atoms with van der Waals surface area (Å²) in [4.78, 5) is 29.5. The van der Waals surface area contributed by atoms with Crippen molar-refractivity contribution in [3.63, 3.8) is 0 Å². The number of carbonyl (C=O) groups is 2. The molecule has 0 radical (unpaired) electrons. The highest BCUT2D eigenvalue weighted by Crippen LogP contribution is 2.26. The third kappa shape index (κ3) is 7.78. The lowest BCUT2D eigenvalue weighted by Gasteiger charge is -2.34. The molecule has 0 fully saturated rings. The first kappa shape index (κ1) is 30.8. The second kappa shape index (κ2) is 14.2. The zero-order valence-electron chi connectivity index (χ0n) is 23.6. The number of amides is 2. The molecule has 42 heavy (non-hydrogen) atoms. The number of nitrogens with zero attached hydrogens (tertiary/aromatic N) is 2. The Morgan fingerprint density at radius 3 is 1.93 bits per heavy atom. The number of anilines is 1. The van der Waals surface area contributed by atoms with Gasteiger partial charge in [0.05, 0.1) is 10.6 Å². The molecule has 0 aromatic heterocycles. The number of nitrogens with one attached hydrogen (secondary N) is 1. The Kier molecular flexibility index (Phi) is 10.4. The summed E-state index contributed by atoms with van der Waals surface area (Å²) in [5.74, 6) is -0.885. The van der Waals surface area contributed by atoms with Gasteiger partial charge in [0, 0.05) is 24.0 Å². The maximum absolute atomic E-state index is 14.3. The molecule has 0 heterocycles. The SMILES string of the molecule is CC(C)NC(=O)[C@H](Cc1ccccc1)N(Cc1ccccc1Cl)C(=O)CN(c1ccccc1)S(=O)(=O)c1ccccc1. The third-order valence-electron chi connectivity index (χ3n) is 6.65. The molecule has 0 aliphatic carbocycles. The minimum Gasteiger partial charge on any atom is -0.352 e. The van der Waals surface area contributed by atoms with E-state index in [0.717, 1.165) is 9.87 Å². The van der Waals surface area contributed by atoms with Crippen LogP contribution in [-0.4, -0.2) is 43.8 Å². The first-order valence-corrected chi connectivity index (χ1v) is 15.5. The van der Waals surface area contributed by atoms with Crippen LogP contribution >= 0.6 is 11.6 Å². The van der Waals surface area contributed by atoms with Crippen LogP contribution < -0.4 is 9.62 Å². The topological polar surface area (TPSA) is 86.8 Å². The van der Waals surface area contributed by atoms with Gasteiger partial charge in [-0.05, 0) is 55.3 Å².